The lowest BCUT2D eigenvalue weighted by Crippen LogP contribution is -2.50. The lowest BCUT2D eigenvalue weighted by atomic mass is 9.72. The van der Waals surface area contributed by atoms with E-state index in [2.05, 4.69) is 5.32 Å². The molecular weight excluding hydrogens is 229 g/mol. The first-order valence-corrected chi connectivity index (χ1v) is 6.33. The summed E-state index contributed by atoms with van der Waals surface area (Å²) < 4.78 is 0. The van der Waals surface area contributed by atoms with Crippen LogP contribution in [0.25, 0.3) is 0 Å². The van der Waals surface area contributed by atoms with Gasteiger partial charge < -0.3 is 15.4 Å². The highest BCUT2D eigenvalue weighted by molar-refractivity contribution is 6.58. The molecule has 0 fully saturated rings. The predicted octanol–water partition coefficient (Wildman–Crippen LogP) is 0.0540. The van der Waals surface area contributed by atoms with E-state index >= 15 is 0 Å². The van der Waals surface area contributed by atoms with Gasteiger partial charge in [0.2, 0.25) is 5.91 Å². The molecule has 3 N–H and O–H groups in total. The summed E-state index contributed by atoms with van der Waals surface area (Å²) in [6, 6.07) is 5.29. The number of carbonyl (C=O) groups excluding carboxylic acids is 1. The molecule has 0 spiro atoms. The Balaban J connectivity index is 2.57. The van der Waals surface area contributed by atoms with Crippen LogP contribution in [0.2, 0.25) is 0 Å². The molecule has 0 unspecified atom stereocenters. The number of hydrogen-bond donors (Lipinski definition) is 3. The average Bonchev–Trinajstić information content (AvgIpc) is 2.36. The summed E-state index contributed by atoms with van der Waals surface area (Å²) in [4.78, 5) is 11.8. The third-order valence-corrected chi connectivity index (χ3v) is 3.88. The fraction of sp³-hybridized carbons (Fsp3) is 0.462. The van der Waals surface area contributed by atoms with E-state index in [-0.39, 0.29) is 11.4 Å². The monoisotopic (exact) mass is 247 g/mol. The van der Waals surface area contributed by atoms with Crippen LogP contribution < -0.4 is 10.8 Å². The fourth-order valence-corrected chi connectivity index (χ4v) is 2.71. The van der Waals surface area contributed by atoms with Crippen LogP contribution in [0.5, 0.6) is 0 Å². The molecule has 18 heavy (non-hydrogen) atoms. The lowest BCUT2D eigenvalue weighted by Gasteiger charge is -2.39. The maximum absolute atomic E-state index is 11.8. The quantitative estimate of drug-likeness (QED) is 0.661. The third kappa shape index (κ3) is 2.04. The number of amides is 1. The summed E-state index contributed by atoms with van der Waals surface area (Å²) in [6.45, 7) is 4.06. The highest BCUT2D eigenvalue weighted by Gasteiger charge is 2.36. The Hall–Kier alpha value is -1.33. The van der Waals surface area contributed by atoms with Crippen molar-refractivity contribution in [1.29, 1.82) is 0 Å². The van der Waals surface area contributed by atoms with Gasteiger partial charge in [0.05, 0.1) is 12.0 Å². The van der Waals surface area contributed by atoms with Gasteiger partial charge in [0, 0.05) is 0 Å². The maximum Gasteiger partial charge on any atom is 0.488 e. The number of nitrogens with one attached hydrogen (secondary N) is 1. The minimum atomic E-state index is -1.47. The van der Waals surface area contributed by atoms with Crippen LogP contribution >= 0.6 is 0 Å². The Labute approximate surface area is 107 Å². The van der Waals surface area contributed by atoms with Crippen molar-refractivity contribution in [1.82, 2.24) is 5.32 Å². The van der Waals surface area contributed by atoms with Crippen LogP contribution in [0.3, 0.4) is 0 Å². The summed E-state index contributed by atoms with van der Waals surface area (Å²) in [7, 11) is -1.47. The van der Waals surface area contributed by atoms with E-state index in [4.69, 9.17) is 0 Å². The van der Waals surface area contributed by atoms with Crippen LogP contribution in [0.4, 0.5) is 0 Å². The fourth-order valence-electron chi connectivity index (χ4n) is 2.71. The molecule has 1 heterocycles. The van der Waals surface area contributed by atoms with Gasteiger partial charge in [-0.3, -0.25) is 4.79 Å². The van der Waals surface area contributed by atoms with Crippen molar-refractivity contribution in [2.24, 2.45) is 0 Å². The maximum atomic E-state index is 11.8. The Morgan fingerprint density at radius 2 is 2.00 bits per heavy atom. The number of fused-ring (bicyclic) bond motifs is 1. The highest BCUT2D eigenvalue weighted by Crippen LogP contribution is 2.34. The minimum Gasteiger partial charge on any atom is -0.423 e. The largest absolute Gasteiger partial charge is 0.488 e. The van der Waals surface area contributed by atoms with Gasteiger partial charge in [0.25, 0.3) is 0 Å². The van der Waals surface area contributed by atoms with E-state index in [1.807, 2.05) is 19.9 Å². The van der Waals surface area contributed by atoms with Crippen molar-refractivity contribution in [2.75, 3.05) is 0 Å². The standard InChI is InChI=1S/C13H18BNO3/c1-3-13(4-2)11-8-10(14(17)18)6-5-9(11)7-12(16)15-13/h5-6,8,17-18H,3-4,7H2,1-2H3,(H,15,16). The average molecular weight is 247 g/mol. The third-order valence-electron chi connectivity index (χ3n) is 3.88. The van der Waals surface area contributed by atoms with E-state index in [1.165, 1.54) is 0 Å². The number of hydrogen-bond acceptors (Lipinski definition) is 3. The minimum absolute atomic E-state index is 0.0310. The first kappa shape index (κ1) is 13.1. The summed E-state index contributed by atoms with van der Waals surface area (Å²) in [5.74, 6) is 0.0310. The van der Waals surface area contributed by atoms with E-state index in [0.29, 0.717) is 11.9 Å². The summed E-state index contributed by atoms with van der Waals surface area (Å²) in [5.41, 5.74) is 2.08. The van der Waals surface area contributed by atoms with Crippen molar-refractivity contribution in [3.05, 3.63) is 29.3 Å². The smallest absolute Gasteiger partial charge is 0.423 e. The summed E-state index contributed by atoms with van der Waals surface area (Å²) in [6.07, 6.45) is 1.93. The van der Waals surface area contributed by atoms with E-state index in [9.17, 15) is 14.8 Å². The molecule has 1 aliphatic rings. The zero-order chi connectivity index (χ0) is 13.3. The normalized spacial score (nSPS) is 17.0. The number of benzene rings is 1. The van der Waals surface area contributed by atoms with Gasteiger partial charge in [-0.2, -0.15) is 0 Å². The number of rotatable bonds is 3. The Kier molecular flexibility index (Phi) is 3.46. The van der Waals surface area contributed by atoms with E-state index in [1.54, 1.807) is 12.1 Å². The Morgan fingerprint density at radius 3 is 2.56 bits per heavy atom. The molecule has 0 radical (unpaired) electrons. The molecule has 1 aliphatic heterocycles. The molecule has 0 saturated carbocycles. The van der Waals surface area contributed by atoms with Crippen molar-refractivity contribution in [3.63, 3.8) is 0 Å². The van der Waals surface area contributed by atoms with Gasteiger partial charge in [0.1, 0.15) is 0 Å². The molecule has 96 valence electrons. The second-order valence-corrected chi connectivity index (χ2v) is 4.80. The molecule has 0 saturated heterocycles. The lowest BCUT2D eigenvalue weighted by molar-refractivity contribution is -0.123. The second-order valence-electron chi connectivity index (χ2n) is 4.80. The summed E-state index contributed by atoms with van der Waals surface area (Å²) >= 11 is 0. The van der Waals surface area contributed by atoms with Crippen LogP contribution in [0.15, 0.2) is 18.2 Å². The molecule has 4 nitrogen and oxygen atoms in total. The van der Waals surface area contributed by atoms with Crippen LogP contribution in [0.1, 0.15) is 37.8 Å². The molecule has 1 amide bonds. The Bertz CT molecular complexity index is 469. The number of carbonyl (C=O) groups is 1. The Morgan fingerprint density at radius 1 is 1.33 bits per heavy atom. The SMILES string of the molecule is CCC1(CC)NC(=O)Cc2ccc(B(O)O)cc21. The van der Waals surface area contributed by atoms with Crippen molar-refractivity contribution in [2.45, 2.75) is 38.6 Å². The zero-order valence-electron chi connectivity index (χ0n) is 10.7. The van der Waals surface area contributed by atoms with Gasteiger partial charge in [0.15, 0.2) is 0 Å². The summed E-state index contributed by atoms with van der Waals surface area (Å²) in [5, 5.41) is 21.6. The highest BCUT2D eigenvalue weighted by atomic mass is 16.4. The van der Waals surface area contributed by atoms with Gasteiger partial charge in [-0.15, -0.1) is 0 Å². The zero-order valence-corrected chi connectivity index (χ0v) is 10.7. The molecule has 0 aliphatic carbocycles. The van der Waals surface area contributed by atoms with Crippen LogP contribution in [0, 0.1) is 0 Å². The molecule has 1 aromatic carbocycles. The molecule has 0 atom stereocenters. The second kappa shape index (κ2) is 4.74. The van der Waals surface area contributed by atoms with Gasteiger partial charge in [-0.1, -0.05) is 32.0 Å². The van der Waals surface area contributed by atoms with E-state index in [0.717, 1.165) is 24.0 Å². The predicted molar refractivity (Wildman–Crippen MR) is 70.4 cm³/mol. The molecule has 2 rings (SSSR count). The first-order chi connectivity index (χ1) is 8.52. The molecule has 5 heteroatoms. The molecule has 1 aromatic rings. The van der Waals surface area contributed by atoms with Gasteiger partial charge in [-0.25, -0.2) is 0 Å². The topological polar surface area (TPSA) is 69.6 Å². The molecular formula is C13H18BNO3. The molecule has 0 bridgehead atoms. The van der Waals surface area contributed by atoms with Crippen molar-refractivity contribution in [3.8, 4) is 0 Å². The van der Waals surface area contributed by atoms with Crippen molar-refractivity contribution >= 4 is 18.5 Å². The van der Waals surface area contributed by atoms with Gasteiger partial charge in [-0.05, 0) is 29.4 Å². The van der Waals surface area contributed by atoms with Gasteiger partial charge >= 0.3 is 7.12 Å². The molecule has 0 aromatic heterocycles. The first-order valence-electron chi connectivity index (χ1n) is 6.33. The van der Waals surface area contributed by atoms with Crippen LogP contribution in [-0.4, -0.2) is 23.1 Å². The van der Waals surface area contributed by atoms with Crippen molar-refractivity contribution < 1.29 is 14.8 Å². The van der Waals surface area contributed by atoms with Crippen LogP contribution in [-0.2, 0) is 16.8 Å². The van der Waals surface area contributed by atoms with E-state index < -0.39 is 7.12 Å².